The van der Waals surface area contributed by atoms with E-state index in [-0.39, 0.29) is 23.4 Å². The second-order valence-corrected chi connectivity index (χ2v) is 9.80. The number of sulfonamides is 1. The van der Waals surface area contributed by atoms with Crippen LogP contribution in [0.3, 0.4) is 0 Å². The van der Waals surface area contributed by atoms with Crippen molar-refractivity contribution < 1.29 is 17.9 Å². The monoisotopic (exact) mass is 464 g/mol. The van der Waals surface area contributed by atoms with Gasteiger partial charge in [-0.05, 0) is 61.6 Å². The molecule has 0 spiro atoms. The number of amides is 1. The van der Waals surface area contributed by atoms with E-state index in [1.54, 1.807) is 42.5 Å². The van der Waals surface area contributed by atoms with Crippen LogP contribution in [-0.4, -0.2) is 27.5 Å². The predicted molar refractivity (Wildman–Crippen MR) is 129 cm³/mol. The summed E-state index contributed by atoms with van der Waals surface area (Å²) in [4.78, 5) is 13.3. The van der Waals surface area contributed by atoms with E-state index in [0.717, 1.165) is 29.1 Å². The van der Waals surface area contributed by atoms with Gasteiger partial charge in [0.2, 0.25) is 5.91 Å². The van der Waals surface area contributed by atoms with Crippen LogP contribution in [0.15, 0.2) is 83.8 Å². The number of ether oxygens (including phenoxy) is 1. The molecule has 0 fully saturated rings. The molecule has 4 rings (SSSR count). The van der Waals surface area contributed by atoms with Gasteiger partial charge in [-0.25, -0.2) is 8.42 Å². The highest BCUT2D eigenvalue weighted by molar-refractivity contribution is 7.92. The molecule has 0 aliphatic heterocycles. The molecular weight excluding hydrogens is 436 g/mol. The first kappa shape index (κ1) is 22.9. The molecule has 3 aromatic carbocycles. The molecule has 172 valence electrons. The van der Waals surface area contributed by atoms with Crippen molar-refractivity contribution in [3.63, 3.8) is 0 Å². The number of benzene rings is 3. The highest BCUT2D eigenvalue weighted by atomic mass is 32.2. The fourth-order valence-corrected chi connectivity index (χ4v) is 5.69. The number of carbonyl (C=O) groups excluding carboxylic acids is 1. The van der Waals surface area contributed by atoms with Crippen molar-refractivity contribution in [1.82, 2.24) is 5.32 Å². The number of rotatable bonds is 8. The summed E-state index contributed by atoms with van der Waals surface area (Å²) in [6.07, 6.45) is 2.78. The zero-order valence-corrected chi connectivity index (χ0v) is 19.4. The number of hydrogen-bond donors (Lipinski definition) is 1. The fraction of sp³-hybridized carbons (Fsp3) is 0.269. The van der Waals surface area contributed by atoms with E-state index in [9.17, 15) is 13.2 Å². The Balaban J connectivity index is 1.66. The summed E-state index contributed by atoms with van der Waals surface area (Å²) in [7, 11) is -4.00. The number of nitrogens with one attached hydrogen (secondary N) is 1. The lowest BCUT2D eigenvalue weighted by molar-refractivity contribution is -0.120. The Morgan fingerprint density at radius 3 is 2.48 bits per heavy atom. The SMILES string of the molecule is CCOc1ccccc1N(CC(=O)N[C@H]1CCCc2ccccc21)S(=O)(=O)c1ccccc1. The minimum atomic E-state index is -4.00. The summed E-state index contributed by atoms with van der Waals surface area (Å²) in [5, 5.41) is 3.06. The van der Waals surface area contributed by atoms with Gasteiger partial charge in [0.05, 0.1) is 23.2 Å². The van der Waals surface area contributed by atoms with Crippen LogP contribution >= 0.6 is 0 Å². The van der Waals surface area contributed by atoms with Crippen LogP contribution in [0.4, 0.5) is 5.69 Å². The van der Waals surface area contributed by atoms with Crippen molar-refractivity contribution in [2.75, 3.05) is 17.5 Å². The molecule has 7 heteroatoms. The zero-order valence-electron chi connectivity index (χ0n) is 18.6. The van der Waals surface area contributed by atoms with E-state index < -0.39 is 10.0 Å². The standard InChI is InChI=1S/C26H28N2O4S/c1-2-32-25-18-9-8-17-24(25)28(33(30,31)21-13-4-3-5-14-21)19-26(29)27-23-16-10-12-20-11-6-7-15-22(20)23/h3-9,11,13-15,17-18,23H,2,10,12,16,19H2,1H3,(H,27,29)/t23-/m0/s1. The van der Waals surface area contributed by atoms with Crippen LogP contribution in [0.5, 0.6) is 5.75 Å². The number of hydrogen-bond acceptors (Lipinski definition) is 4. The Morgan fingerprint density at radius 1 is 1.00 bits per heavy atom. The van der Waals surface area contributed by atoms with Gasteiger partial charge in [0.25, 0.3) is 10.0 Å². The first-order valence-electron chi connectivity index (χ1n) is 11.2. The summed E-state index contributed by atoms with van der Waals surface area (Å²) >= 11 is 0. The zero-order chi connectivity index (χ0) is 23.3. The molecule has 1 amide bonds. The van der Waals surface area contributed by atoms with E-state index in [1.807, 2.05) is 25.1 Å². The number of para-hydroxylation sites is 2. The molecule has 0 saturated heterocycles. The third kappa shape index (κ3) is 5.03. The Bertz CT molecular complexity index is 1210. The van der Waals surface area contributed by atoms with Crippen molar-refractivity contribution in [1.29, 1.82) is 0 Å². The third-order valence-electron chi connectivity index (χ3n) is 5.76. The molecule has 0 unspecified atom stereocenters. The van der Waals surface area contributed by atoms with Gasteiger partial charge < -0.3 is 10.1 Å². The first-order valence-corrected chi connectivity index (χ1v) is 12.6. The number of fused-ring (bicyclic) bond motifs is 1. The van der Waals surface area contributed by atoms with Crippen molar-refractivity contribution in [2.45, 2.75) is 37.1 Å². The maximum absolute atomic E-state index is 13.6. The van der Waals surface area contributed by atoms with Gasteiger partial charge >= 0.3 is 0 Å². The molecule has 0 bridgehead atoms. The molecule has 0 heterocycles. The molecule has 6 nitrogen and oxygen atoms in total. The van der Waals surface area contributed by atoms with Crippen LogP contribution in [-0.2, 0) is 21.2 Å². The minimum Gasteiger partial charge on any atom is -0.492 e. The Kier molecular flexibility index (Phi) is 6.99. The molecule has 0 aromatic heterocycles. The van der Waals surface area contributed by atoms with Crippen molar-refractivity contribution in [3.8, 4) is 5.75 Å². The Morgan fingerprint density at radius 2 is 1.70 bits per heavy atom. The Labute approximate surface area is 195 Å². The average Bonchev–Trinajstić information content (AvgIpc) is 2.84. The number of anilines is 1. The van der Waals surface area contributed by atoms with Gasteiger partial charge in [-0.15, -0.1) is 0 Å². The highest BCUT2D eigenvalue weighted by Gasteiger charge is 2.30. The number of nitrogens with zero attached hydrogens (tertiary/aromatic N) is 1. The smallest absolute Gasteiger partial charge is 0.264 e. The normalized spacial score (nSPS) is 15.4. The van der Waals surface area contributed by atoms with Crippen LogP contribution in [0.1, 0.15) is 36.9 Å². The summed E-state index contributed by atoms with van der Waals surface area (Å²) in [6.45, 7) is 1.86. The summed E-state index contributed by atoms with van der Waals surface area (Å²) in [5.41, 5.74) is 2.66. The van der Waals surface area contributed by atoms with Crippen molar-refractivity contribution in [2.24, 2.45) is 0 Å². The lowest BCUT2D eigenvalue weighted by Crippen LogP contribution is -2.42. The van der Waals surface area contributed by atoms with E-state index in [1.165, 1.54) is 17.7 Å². The van der Waals surface area contributed by atoms with Gasteiger partial charge in [-0.1, -0.05) is 54.6 Å². The molecule has 0 saturated carbocycles. The topological polar surface area (TPSA) is 75.7 Å². The lowest BCUT2D eigenvalue weighted by atomic mass is 9.88. The number of aryl methyl sites for hydroxylation is 1. The van der Waals surface area contributed by atoms with Crippen LogP contribution < -0.4 is 14.4 Å². The van der Waals surface area contributed by atoms with Crippen LogP contribution in [0.2, 0.25) is 0 Å². The van der Waals surface area contributed by atoms with Gasteiger partial charge in [0.1, 0.15) is 12.3 Å². The maximum atomic E-state index is 13.6. The first-order chi connectivity index (χ1) is 16.0. The minimum absolute atomic E-state index is 0.118. The summed E-state index contributed by atoms with van der Waals surface area (Å²) in [6, 6.07) is 23.0. The quantitative estimate of drug-likeness (QED) is 0.534. The van der Waals surface area contributed by atoms with Crippen LogP contribution in [0, 0.1) is 0 Å². The average molecular weight is 465 g/mol. The largest absolute Gasteiger partial charge is 0.492 e. The molecular formula is C26H28N2O4S. The van der Waals surface area contributed by atoms with Crippen LogP contribution in [0.25, 0.3) is 0 Å². The van der Waals surface area contributed by atoms with Crippen molar-refractivity contribution >= 4 is 21.6 Å². The fourth-order valence-electron chi connectivity index (χ4n) is 4.23. The third-order valence-corrected chi connectivity index (χ3v) is 7.53. The molecule has 1 N–H and O–H groups in total. The second-order valence-electron chi connectivity index (χ2n) is 7.94. The highest BCUT2D eigenvalue weighted by Crippen LogP contribution is 2.33. The van der Waals surface area contributed by atoms with Gasteiger partial charge in [0, 0.05) is 0 Å². The van der Waals surface area contributed by atoms with E-state index in [0.29, 0.717) is 18.0 Å². The second kappa shape index (κ2) is 10.1. The lowest BCUT2D eigenvalue weighted by Gasteiger charge is -2.29. The van der Waals surface area contributed by atoms with Gasteiger partial charge in [-0.3, -0.25) is 9.10 Å². The van der Waals surface area contributed by atoms with Gasteiger partial charge in [0.15, 0.2) is 0 Å². The maximum Gasteiger partial charge on any atom is 0.264 e. The molecule has 3 aromatic rings. The molecule has 1 atom stereocenters. The van der Waals surface area contributed by atoms with E-state index >= 15 is 0 Å². The molecule has 33 heavy (non-hydrogen) atoms. The van der Waals surface area contributed by atoms with Gasteiger partial charge in [-0.2, -0.15) is 0 Å². The molecule has 1 aliphatic carbocycles. The Hall–Kier alpha value is -3.32. The van der Waals surface area contributed by atoms with Crippen molar-refractivity contribution in [3.05, 3.63) is 90.0 Å². The predicted octanol–water partition coefficient (Wildman–Crippen LogP) is 4.47. The molecule has 1 aliphatic rings. The molecule has 0 radical (unpaired) electrons. The van der Waals surface area contributed by atoms with E-state index in [2.05, 4.69) is 11.4 Å². The van der Waals surface area contributed by atoms with E-state index in [4.69, 9.17) is 4.74 Å². The summed E-state index contributed by atoms with van der Waals surface area (Å²) < 4.78 is 34.0. The number of carbonyl (C=O) groups is 1. The summed E-state index contributed by atoms with van der Waals surface area (Å²) in [5.74, 6) is 0.0535.